The lowest BCUT2D eigenvalue weighted by atomic mass is 10.0. The molecule has 2 rings (SSSR count). The topological polar surface area (TPSA) is 75.3 Å². The third-order valence-corrected chi connectivity index (χ3v) is 3.17. The highest BCUT2D eigenvalue weighted by atomic mass is 35.5. The number of halogens is 1. The largest absolute Gasteiger partial charge is 0.396 e. The molecule has 0 bridgehead atoms. The predicted molar refractivity (Wildman–Crippen MR) is 69.9 cm³/mol. The van der Waals surface area contributed by atoms with Gasteiger partial charge in [0.05, 0.1) is 0 Å². The number of nitrogens with one attached hydrogen (secondary N) is 1. The Bertz CT molecular complexity index is 566. The van der Waals surface area contributed by atoms with Gasteiger partial charge in [0.25, 0.3) is 5.78 Å². The van der Waals surface area contributed by atoms with Crippen LogP contribution in [0.4, 0.5) is 5.82 Å². The van der Waals surface area contributed by atoms with Crippen molar-refractivity contribution in [2.45, 2.75) is 32.7 Å². The Morgan fingerprint density at radius 2 is 2.22 bits per heavy atom. The van der Waals surface area contributed by atoms with E-state index >= 15 is 0 Å². The zero-order chi connectivity index (χ0) is 13.3. The van der Waals surface area contributed by atoms with Crippen LogP contribution in [-0.4, -0.2) is 36.8 Å². The molecule has 0 radical (unpaired) electrons. The van der Waals surface area contributed by atoms with Crippen LogP contribution in [0, 0.1) is 6.92 Å². The summed E-state index contributed by atoms with van der Waals surface area (Å²) in [6.45, 7) is 5.98. The van der Waals surface area contributed by atoms with Crippen LogP contribution in [0.15, 0.2) is 6.33 Å². The first-order valence-corrected chi connectivity index (χ1v) is 6.07. The maximum Gasteiger partial charge on any atom is 0.255 e. The predicted octanol–water partition coefficient (Wildman–Crippen LogP) is 1.66. The van der Waals surface area contributed by atoms with E-state index in [0.717, 1.165) is 11.4 Å². The Morgan fingerprint density at radius 1 is 1.50 bits per heavy atom. The first-order valence-electron chi connectivity index (χ1n) is 5.69. The first-order chi connectivity index (χ1) is 8.44. The molecule has 2 heterocycles. The number of aromatic nitrogens is 4. The van der Waals surface area contributed by atoms with Gasteiger partial charge in [0.1, 0.15) is 17.3 Å². The molecule has 0 saturated heterocycles. The van der Waals surface area contributed by atoms with Gasteiger partial charge in [-0.2, -0.15) is 19.6 Å². The zero-order valence-electron chi connectivity index (χ0n) is 10.6. The van der Waals surface area contributed by atoms with Gasteiger partial charge >= 0.3 is 0 Å². The first kappa shape index (κ1) is 13.0. The van der Waals surface area contributed by atoms with Crippen LogP contribution in [-0.2, 0) is 0 Å². The van der Waals surface area contributed by atoms with Crippen molar-refractivity contribution in [1.29, 1.82) is 0 Å². The second-order valence-corrected chi connectivity index (χ2v) is 5.19. The molecule has 2 aromatic rings. The summed E-state index contributed by atoms with van der Waals surface area (Å²) in [5, 5.41) is 16.9. The number of nitrogens with zero attached hydrogens (tertiary/aromatic N) is 4. The molecule has 0 aliphatic carbocycles. The van der Waals surface area contributed by atoms with E-state index in [0.29, 0.717) is 17.4 Å². The average Bonchev–Trinajstić information content (AvgIpc) is 2.72. The van der Waals surface area contributed by atoms with Gasteiger partial charge in [0.2, 0.25) is 0 Å². The van der Waals surface area contributed by atoms with E-state index in [1.165, 1.54) is 6.33 Å². The SMILES string of the molecule is Cc1c(Cl)nc2ncnn2c1NC(C)(C)CCO. The Labute approximate surface area is 110 Å². The van der Waals surface area contributed by atoms with Gasteiger partial charge in [0.15, 0.2) is 0 Å². The Hall–Kier alpha value is -1.40. The molecule has 0 aliphatic rings. The van der Waals surface area contributed by atoms with Crippen molar-refractivity contribution in [3.05, 3.63) is 17.0 Å². The van der Waals surface area contributed by atoms with E-state index in [2.05, 4.69) is 20.4 Å². The van der Waals surface area contributed by atoms with E-state index in [1.54, 1.807) is 4.52 Å². The minimum Gasteiger partial charge on any atom is -0.396 e. The van der Waals surface area contributed by atoms with Gasteiger partial charge in [-0.3, -0.25) is 0 Å². The van der Waals surface area contributed by atoms with Crippen LogP contribution in [0.3, 0.4) is 0 Å². The number of rotatable bonds is 4. The van der Waals surface area contributed by atoms with E-state index in [-0.39, 0.29) is 12.1 Å². The number of anilines is 1. The lowest BCUT2D eigenvalue weighted by Gasteiger charge is -2.27. The minimum atomic E-state index is -0.275. The van der Waals surface area contributed by atoms with Crippen LogP contribution in [0.2, 0.25) is 5.15 Å². The van der Waals surface area contributed by atoms with Crippen molar-refractivity contribution < 1.29 is 5.11 Å². The van der Waals surface area contributed by atoms with Crippen molar-refractivity contribution >= 4 is 23.2 Å². The monoisotopic (exact) mass is 269 g/mol. The molecule has 0 amide bonds. The third kappa shape index (κ3) is 2.39. The minimum absolute atomic E-state index is 0.109. The van der Waals surface area contributed by atoms with Gasteiger partial charge in [-0.1, -0.05) is 11.6 Å². The third-order valence-electron chi connectivity index (χ3n) is 2.80. The number of aliphatic hydroxyl groups is 1. The normalized spacial score (nSPS) is 12.1. The zero-order valence-corrected chi connectivity index (χ0v) is 11.4. The quantitative estimate of drug-likeness (QED) is 0.826. The summed E-state index contributed by atoms with van der Waals surface area (Å²) < 4.78 is 1.61. The molecule has 2 aromatic heterocycles. The molecule has 18 heavy (non-hydrogen) atoms. The van der Waals surface area contributed by atoms with Gasteiger partial charge in [-0.05, 0) is 27.2 Å². The van der Waals surface area contributed by atoms with Crippen molar-refractivity contribution in [2.75, 3.05) is 11.9 Å². The van der Waals surface area contributed by atoms with Crippen LogP contribution in [0.5, 0.6) is 0 Å². The summed E-state index contributed by atoms with van der Waals surface area (Å²) in [4.78, 5) is 8.16. The number of hydrogen-bond donors (Lipinski definition) is 2. The standard InChI is InChI=1S/C11H16ClN5O/c1-7-8(12)15-10-13-6-14-17(10)9(7)16-11(2,3)4-5-18/h6,16,18H,4-5H2,1-3H3. The van der Waals surface area contributed by atoms with E-state index in [4.69, 9.17) is 16.7 Å². The fourth-order valence-corrected chi connectivity index (χ4v) is 1.87. The molecule has 0 saturated carbocycles. The van der Waals surface area contributed by atoms with E-state index in [1.807, 2.05) is 20.8 Å². The summed E-state index contributed by atoms with van der Waals surface area (Å²) in [5.41, 5.74) is 0.531. The highest BCUT2D eigenvalue weighted by molar-refractivity contribution is 6.30. The molecular weight excluding hydrogens is 254 g/mol. The fourth-order valence-electron chi connectivity index (χ4n) is 1.71. The maximum absolute atomic E-state index is 9.06. The number of fused-ring (bicyclic) bond motifs is 1. The van der Waals surface area contributed by atoms with Crippen LogP contribution < -0.4 is 5.32 Å². The highest BCUT2D eigenvalue weighted by Crippen LogP contribution is 2.25. The number of hydrogen-bond acceptors (Lipinski definition) is 5. The van der Waals surface area contributed by atoms with E-state index < -0.39 is 0 Å². The molecule has 0 unspecified atom stereocenters. The Morgan fingerprint density at radius 3 is 2.89 bits per heavy atom. The lowest BCUT2D eigenvalue weighted by Crippen LogP contribution is -2.33. The van der Waals surface area contributed by atoms with Gasteiger partial charge < -0.3 is 10.4 Å². The molecule has 0 fully saturated rings. The smallest absolute Gasteiger partial charge is 0.255 e. The molecule has 98 valence electrons. The Kier molecular flexibility index (Phi) is 3.41. The second-order valence-electron chi connectivity index (χ2n) is 4.83. The summed E-state index contributed by atoms with van der Waals surface area (Å²) in [6.07, 6.45) is 2.05. The molecule has 0 spiro atoms. The average molecular weight is 270 g/mol. The molecule has 2 N–H and O–H groups in total. The lowest BCUT2D eigenvalue weighted by molar-refractivity contribution is 0.260. The van der Waals surface area contributed by atoms with Gasteiger partial charge in [-0.15, -0.1) is 0 Å². The molecular formula is C11H16ClN5O. The molecule has 6 nitrogen and oxygen atoms in total. The highest BCUT2D eigenvalue weighted by Gasteiger charge is 2.21. The van der Waals surface area contributed by atoms with Crippen molar-refractivity contribution in [2.24, 2.45) is 0 Å². The van der Waals surface area contributed by atoms with Gasteiger partial charge in [0, 0.05) is 17.7 Å². The van der Waals surface area contributed by atoms with Crippen molar-refractivity contribution in [3.63, 3.8) is 0 Å². The van der Waals surface area contributed by atoms with Crippen LogP contribution in [0.1, 0.15) is 25.8 Å². The van der Waals surface area contributed by atoms with Gasteiger partial charge in [-0.25, -0.2) is 0 Å². The van der Waals surface area contributed by atoms with Crippen LogP contribution in [0.25, 0.3) is 5.78 Å². The maximum atomic E-state index is 9.06. The summed E-state index contributed by atoms with van der Waals surface area (Å²) in [5.74, 6) is 1.20. The number of aliphatic hydroxyl groups excluding tert-OH is 1. The summed E-state index contributed by atoms with van der Waals surface area (Å²) in [7, 11) is 0. The molecule has 0 aliphatic heterocycles. The van der Waals surface area contributed by atoms with E-state index in [9.17, 15) is 0 Å². The Balaban J connectivity index is 2.49. The van der Waals surface area contributed by atoms with Crippen molar-refractivity contribution in [1.82, 2.24) is 19.6 Å². The molecule has 7 heteroatoms. The van der Waals surface area contributed by atoms with Crippen LogP contribution >= 0.6 is 11.6 Å². The summed E-state index contributed by atoms with van der Waals surface area (Å²) >= 11 is 6.07. The molecule has 0 atom stereocenters. The fraction of sp³-hybridized carbons (Fsp3) is 0.545. The molecule has 0 aromatic carbocycles. The summed E-state index contributed by atoms with van der Waals surface area (Å²) in [6, 6.07) is 0. The van der Waals surface area contributed by atoms with Crippen molar-refractivity contribution in [3.8, 4) is 0 Å². The second kappa shape index (κ2) is 4.70.